The van der Waals surface area contributed by atoms with Crippen LogP contribution >= 0.6 is 22.6 Å². The normalized spacial score (nSPS) is 11.0. The lowest BCUT2D eigenvalue weighted by Gasteiger charge is -2.20. The zero-order valence-corrected chi connectivity index (χ0v) is 18.1. The number of benzene rings is 1. The van der Waals surface area contributed by atoms with Gasteiger partial charge >= 0.3 is 0 Å². The zero-order chi connectivity index (χ0) is 20.6. The first-order chi connectivity index (χ1) is 14.1. The fourth-order valence-electron chi connectivity index (χ4n) is 2.70. The van der Waals surface area contributed by atoms with Crippen molar-refractivity contribution in [2.24, 2.45) is 0 Å². The van der Waals surface area contributed by atoms with Crippen LogP contribution in [0.1, 0.15) is 17.4 Å². The van der Waals surface area contributed by atoms with E-state index in [-0.39, 0.29) is 17.4 Å². The molecule has 152 valence electrons. The largest absolute Gasteiger partial charge is 0.487 e. The smallest absolute Gasteiger partial charge is 0.271 e. The van der Waals surface area contributed by atoms with Crippen molar-refractivity contribution >= 4 is 39.5 Å². The van der Waals surface area contributed by atoms with Gasteiger partial charge in [-0.1, -0.05) is 6.92 Å². The molecule has 29 heavy (non-hydrogen) atoms. The number of aromatic nitrogens is 3. The molecule has 0 aliphatic rings. The number of carbonyl (C=O) groups is 1. The minimum Gasteiger partial charge on any atom is -0.487 e. The van der Waals surface area contributed by atoms with Crippen molar-refractivity contribution in [2.45, 2.75) is 6.92 Å². The minimum absolute atomic E-state index is 0.140. The van der Waals surface area contributed by atoms with E-state index in [2.05, 4.69) is 47.8 Å². The summed E-state index contributed by atoms with van der Waals surface area (Å²) in [5, 5.41) is 2.86. The molecule has 1 amide bonds. The number of nitrogens with zero attached hydrogens (tertiary/aromatic N) is 4. The monoisotopic (exact) mass is 509 g/mol. The maximum Gasteiger partial charge on any atom is 0.271 e. The maximum absolute atomic E-state index is 13.5. The molecule has 7 nitrogen and oxygen atoms in total. The van der Waals surface area contributed by atoms with E-state index in [0.29, 0.717) is 31.8 Å². The van der Waals surface area contributed by atoms with Crippen LogP contribution in [0.5, 0.6) is 5.75 Å². The lowest BCUT2D eigenvalue weighted by atomic mass is 10.3. The van der Waals surface area contributed by atoms with Crippen LogP contribution in [-0.4, -0.2) is 58.5 Å². The molecule has 3 rings (SSSR count). The second-order valence-corrected chi connectivity index (χ2v) is 7.46. The average molecular weight is 509 g/mol. The standard InChI is InChI=1S/C20H21FIN5O2/c1-2-27(10-11-29-18-4-3-7-23-19(18)21)9-8-24-20(28)17-13-25-16-12-14(22)5-6-15(16)26-17/h3-7,12-13H,2,8-11H2,1H3,(H,24,28). The Morgan fingerprint density at radius 2 is 2.10 bits per heavy atom. The highest BCUT2D eigenvalue weighted by atomic mass is 127. The third-order valence-corrected chi connectivity index (χ3v) is 4.96. The first-order valence-electron chi connectivity index (χ1n) is 9.23. The molecule has 1 N–H and O–H groups in total. The number of nitrogens with one attached hydrogen (secondary N) is 1. The number of halogens is 2. The van der Waals surface area contributed by atoms with Crippen LogP contribution in [0.15, 0.2) is 42.7 Å². The fourth-order valence-corrected chi connectivity index (χ4v) is 3.18. The van der Waals surface area contributed by atoms with Crippen LogP contribution in [-0.2, 0) is 0 Å². The van der Waals surface area contributed by atoms with Crippen LogP contribution in [0.25, 0.3) is 11.0 Å². The van der Waals surface area contributed by atoms with E-state index >= 15 is 0 Å². The Hall–Kier alpha value is -2.40. The molecule has 0 saturated heterocycles. The molecule has 0 aliphatic heterocycles. The molecule has 3 aromatic rings. The SMILES string of the molecule is CCN(CCNC(=O)c1cnc2cc(I)ccc2n1)CCOc1cccnc1F. The van der Waals surface area contributed by atoms with Crippen molar-refractivity contribution in [3.8, 4) is 5.75 Å². The summed E-state index contributed by atoms with van der Waals surface area (Å²) in [4.78, 5) is 26.7. The average Bonchev–Trinajstić information content (AvgIpc) is 2.73. The van der Waals surface area contributed by atoms with Gasteiger partial charge in [-0.25, -0.2) is 9.97 Å². The summed E-state index contributed by atoms with van der Waals surface area (Å²) >= 11 is 2.21. The molecule has 0 aliphatic carbocycles. The van der Waals surface area contributed by atoms with Gasteiger partial charge in [0, 0.05) is 29.4 Å². The highest BCUT2D eigenvalue weighted by Gasteiger charge is 2.10. The summed E-state index contributed by atoms with van der Waals surface area (Å²) in [6.07, 6.45) is 2.87. The number of hydrogen-bond donors (Lipinski definition) is 1. The lowest BCUT2D eigenvalue weighted by molar-refractivity contribution is 0.0942. The van der Waals surface area contributed by atoms with E-state index in [1.165, 1.54) is 12.4 Å². The Morgan fingerprint density at radius 3 is 2.90 bits per heavy atom. The minimum atomic E-state index is -0.617. The van der Waals surface area contributed by atoms with Crippen molar-refractivity contribution in [1.29, 1.82) is 0 Å². The third-order valence-electron chi connectivity index (χ3n) is 4.29. The maximum atomic E-state index is 13.5. The molecule has 0 spiro atoms. The number of amides is 1. The molecule has 2 aromatic heterocycles. The Labute approximate surface area is 181 Å². The summed E-state index contributed by atoms with van der Waals surface area (Å²) < 4.78 is 20.0. The van der Waals surface area contributed by atoms with Gasteiger partial charge in [0.1, 0.15) is 12.3 Å². The number of hydrogen-bond acceptors (Lipinski definition) is 6. The Morgan fingerprint density at radius 1 is 1.24 bits per heavy atom. The summed E-state index contributed by atoms with van der Waals surface area (Å²) in [5.74, 6) is -0.738. The Balaban J connectivity index is 1.45. The van der Waals surface area contributed by atoms with E-state index in [1.807, 2.05) is 25.1 Å². The molecule has 0 bridgehead atoms. The van der Waals surface area contributed by atoms with Gasteiger partial charge in [0.2, 0.25) is 0 Å². The van der Waals surface area contributed by atoms with Gasteiger partial charge in [0.05, 0.1) is 17.2 Å². The summed E-state index contributed by atoms with van der Waals surface area (Å²) in [7, 11) is 0. The van der Waals surface area contributed by atoms with Gasteiger partial charge in [0.15, 0.2) is 5.75 Å². The first kappa shape index (κ1) is 21.3. The van der Waals surface area contributed by atoms with E-state index in [4.69, 9.17) is 4.74 Å². The van der Waals surface area contributed by atoms with Crippen LogP contribution < -0.4 is 10.1 Å². The highest BCUT2D eigenvalue weighted by molar-refractivity contribution is 14.1. The predicted molar refractivity (Wildman–Crippen MR) is 116 cm³/mol. The number of pyridine rings is 1. The summed E-state index contributed by atoms with van der Waals surface area (Å²) in [6, 6.07) is 8.87. The van der Waals surface area contributed by atoms with Gasteiger partial charge in [-0.05, 0) is 59.5 Å². The van der Waals surface area contributed by atoms with Crippen molar-refractivity contribution in [3.63, 3.8) is 0 Å². The number of fused-ring (bicyclic) bond motifs is 1. The molecule has 0 saturated carbocycles. The summed E-state index contributed by atoms with van der Waals surface area (Å²) in [5.41, 5.74) is 1.74. The molecule has 0 atom stereocenters. The topological polar surface area (TPSA) is 80.2 Å². The second-order valence-electron chi connectivity index (χ2n) is 6.22. The first-order valence-corrected chi connectivity index (χ1v) is 10.3. The molecular formula is C20H21FIN5O2. The van der Waals surface area contributed by atoms with E-state index in [0.717, 1.165) is 15.6 Å². The molecular weight excluding hydrogens is 488 g/mol. The molecule has 0 unspecified atom stereocenters. The second kappa shape index (κ2) is 10.4. The van der Waals surface area contributed by atoms with E-state index < -0.39 is 5.95 Å². The number of ether oxygens (including phenoxy) is 1. The van der Waals surface area contributed by atoms with Crippen LogP contribution in [0.3, 0.4) is 0 Å². The van der Waals surface area contributed by atoms with Gasteiger partial charge in [0.25, 0.3) is 11.9 Å². The molecule has 9 heteroatoms. The molecule has 1 aromatic carbocycles. The molecule has 0 fully saturated rings. The Kier molecular flexibility index (Phi) is 7.64. The number of rotatable bonds is 9. The van der Waals surface area contributed by atoms with Gasteiger partial charge in [-0.3, -0.25) is 14.7 Å². The highest BCUT2D eigenvalue weighted by Crippen LogP contribution is 2.14. The third kappa shape index (κ3) is 6.04. The number of likely N-dealkylation sites (N-methyl/N-ethyl adjacent to an activating group) is 1. The molecule has 0 radical (unpaired) electrons. The molecule has 2 heterocycles. The zero-order valence-electron chi connectivity index (χ0n) is 15.9. The van der Waals surface area contributed by atoms with Gasteiger partial charge in [-0.15, -0.1) is 0 Å². The van der Waals surface area contributed by atoms with Crippen molar-refractivity contribution in [3.05, 3.63) is 57.9 Å². The van der Waals surface area contributed by atoms with Crippen LogP contribution in [0, 0.1) is 9.52 Å². The van der Waals surface area contributed by atoms with Crippen molar-refractivity contribution in [2.75, 3.05) is 32.8 Å². The van der Waals surface area contributed by atoms with Crippen LogP contribution in [0.4, 0.5) is 4.39 Å². The quantitative estimate of drug-likeness (QED) is 0.353. The van der Waals surface area contributed by atoms with Gasteiger partial charge < -0.3 is 10.1 Å². The fraction of sp³-hybridized carbons (Fsp3) is 0.300. The van der Waals surface area contributed by atoms with Crippen molar-refractivity contribution in [1.82, 2.24) is 25.2 Å². The Bertz CT molecular complexity index is 988. The lowest BCUT2D eigenvalue weighted by Crippen LogP contribution is -2.37. The summed E-state index contributed by atoms with van der Waals surface area (Å²) in [6.45, 7) is 4.83. The van der Waals surface area contributed by atoms with Gasteiger partial charge in [-0.2, -0.15) is 4.39 Å². The predicted octanol–water partition coefficient (Wildman–Crippen LogP) is 2.90. The number of carbonyl (C=O) groups excluding carboxylic acids is 1. The van der Waals surface area contributed by atoms with Crippen molar-refractivity contribution < 1.29 is 13.9 Å². The van der Waals surface area contributed by atoms with E-state index in [1.54, 1.807) is 12.1 Å². The van der Waals surface area contributed by atoms with E-state index in [9.17, 15) is 9.18 Å². The van der Waals surface area contributed by atoms with Crippen LogP contribution in [0.2, 0.25) is 0 Å².